The molecule has 1 amide bonds. The molecule has 0 saturated heterocycles. The highest BCUT2D eigenvalue weighted by molar-refractivity contribution is 9.10. The predicted molar refractivity (Wildman–Crippen MR) is 95.3 cm³/mol. The van der Waals surface area contributed by atoms with Crippen molar-refractivity contribution >= 4 is 39.6 Å². The van der Waals surface area contributed by atoms with Crippen LogP contribution in [0.3, 0.4) is 0 Å². The van der Waals surface area contributed by atoms with E-state index >= 15 is 0 Å². The molecule has 0 aliphatic heterocycles. The monoisotopic (exact) mass is 397 g/mol. The van der Waals surface area contributed by atoms with Crippen molar-refractivity contribution in [3.8, 4) is 0 Å². The molecular weight excluding hydrogens is 378 g/mol. The van der Waals surface area contributed by atoms with Crippen LogP contribution in [-0.4, -0.2) is 30.8 Å². The highest BCUT2D eigenvalue weighted by atomic mass is 79.9. The normalized spacial score (nSPS) is 16.3. The van der Waals surface area contributed by atoms with E-state index < -0.39 is 0 Å². The summed E-state index contributed by atoms with van der Waals surface area (Å²) in [5.41, 5.74) is 0. The van der Waals surface area contributed by atoms with E-state index in [0.717, 1.165) is 28.0 Å². The van der Waals surface area contributed by atoms with Gasteiger partial charge in [0.2, 0.25) is 0 Å². The summed E-state index contributed by atoms with van der Waals surface area (Å²) in [6.07, 6.45) is 6.50. The number of ether oxygens (including phenoxy) is 1. The molecule has 124 valence electrons. The number of carbonyl (C=O) groups is 2. The largest absolute Gasteiger partial charge is 0.456 e. The Hall–Kier alpha value is -1.27. The Bertz CT molecular complexity index is 559. The van der Waals surface area contributed by atoms with Crippen LogP contribution in [0.25, 0.3) is 0 Å². The van der Waals surface area contributed by atoms with Crippen molar-refractivity contribution in [3.63, 3.8) is 0 Å². The minimum Gasteiger partial charge on any atom is -0.456 e. The van der Waals surface area contributed by atoms with E-state index in [0.29, 0.717) is 13.0 Å². The van der Waals surface area contributed by atoms with Crippen LogP contribution in [0.5, 0.6) is 0 Å². The summed E-state index contributed by atoms with van der Waals surface area (Å²) in [7, 11) is 0. The topological polar surface area (TPSA) is 55.4 Å². The number of halogens is 1. The molecule has 0 aromatic heterocycles. The molecule has 2 rings (SSSR count). The Morgan fingerprint density at radius 1 is 1.30 bits per heavy atom. The van der Waals surface area contributed by atoms with Crippen molar-refractivity contribution < 1.29 is 14.3 Å². The molecule has 1 atom stereocenters. The molecule has 0 saturated carbocycles. The molecule has 1 aliphatic carbocycles. The van der Waals surface area contributed by atoms with Crippen molar-refractivity contribution in [2.24, 2.45) is 5.92 Å². The standard InChI is InChI=1S/C17H20BrNO3S/c18-14-5-7-15(8-6-14)23-10-9-19-16(20)12-22-17(21)11-13-3-1-2-4-13/h1,3,5-8,13H,2,4,9-12H2,(H,19,20)/t13-/m0/s1. The van der Waals surface area contributed by atoms with E-state index in [9.17, 15) is 9.59 Å². The zero-order chi connectivity index (χ0) is 16.5. The van der Waals surface area contributed by atoms with Gasteiger partial charge in [0.05, 0.1) is 6.42 Å². The van der Waals surface area contributed by atoms with Gasteiger partial charge in [0.25, 0.3) is 5.91 Å². The van der Waals surface area contributed by atoms with Crippen molar-refractivity contribution in [1.29, 1.82) is 0 Å². The van der Waals surface area contributed by atoms with Crippen molar-refractivity contribution in [1.82, 2.24) is 5.32 Å². The number of esters is 1. The minimum atomic E-state index is -0.305. The summed E-state index contributed by atoms with van der Waals surface area (Å²) in [5, 5.41) is 2.75. The van der Waals surface area contributed by atoms with E-state index in [-0.39, 0.29) is 24.4 Å². The number of amides is 1. The van der Waals surface area contributed by atoms with Crippen LogP contribution in [0, 0.1) is 5.92 Å². The van der Waals surface area contributed by atoms with Gasteiger partial charge in [-0.05, 0) is 43.0 Å². The van der Waals surface area contributed by atoms with E-state index in [1.165, 1.54) is 0 Å². The Morgan fingerprint density at radius 3 is 2.78 bits per heavy atom. The number of hydrogen-bond donors (Lipinski definition) is 1. The number of benzene rings is 1. The first-order chi connectivity index (χ1) is 11.1. The van der Waals surface area contributed by atoms with Crippen LogP contribution in [0.15, 0.2) is 45.8 Å². The lowest BCUT2D eigenvalue weighted by Gasteiger charge is -2.08. The summed E-state index contributed by atoms with van der Waals surface area (Å²) in [5.74, 6) is 0.485. The minimum absolute atomic E-state index is 0.196. The molecule has 23 heavy (non-hydrogen) atoms. The first-order valence-electron chi connectivity index (χ1n) is 7.61. The molecule has 0 bridgehead atoms. The lowest BCUT2D eigenvalue weighted by molar-refractivity contribution is -0.149. The third kappa shape index (κ3) is 7.22. The number of rotatable bonds is 8. The number of thioether (sulfide) groups is 1. The molecule has 0 fully saturated rings. The van der Waals surface area contributed by atoms with E-state index in [1.807, 2.05) is 30.3 Å². The quantitative estimate of drug-likeness (QED) is 0.315. The van der Waals surface area contributed by atoms with Crippen LogP contribution >= 0.6 is 27.7 Å². The van der Waals surface area contributed by atoms with Gasteiger partial charge in [0.1, 0.15) is 0 Å². The highest BCUT2D eigenvalue weighted by Crippen LogP contribution is 2.21. The van der Waals surface area contributed by atoms with Gasteiger partial charge in [-0.3, -0.25) is 9.59 Å². The molecule has 1 aromatic carbocycles. The summed E-state index contributed by atoms with van der Waals surface area (Å²) < 4.78 is 6.04. The third-order valence-corrected chi connectivity index (χ3v) is 4.95. The highest BCUT2D eigenvalue weighted by Gasteiger charge is 2.15. The Morgan fingerprint density at radius 2 is 2.09 bits per heavy atom. The lowest BCUT2D eigenvalue weighted by Crippen LogP contribution is -2.30. The molecule has 1 N–H and O–H groups in total. The molecule has 0 unspecified atom stereocenters. The van der Waals surface area contributed by atoms with Crippen molar-refractivity contribution in [2.45, 2.75) is 24.2 Å². The molecule has 6 heteroatoms. The van der Waals surface area contributed by atoms with Gasteiger partial charge in [-0.1, -0.05) is 28.1 Å². The summed E-state index contributed by atoms with van der Waals surface area (Å²) in [6, 6.07) is 8.02. The second kappa shape index (κ2) is 9.78. The maximum Gasteiger partial charge on any atom is 0.306 e. The average Bonchev–Trinajstić information content (AvgIpc) is 3.04. The van der Waals surface area contributed by atoms with Gasteiger partial charge in [-0.15, -0.1) is 11.8 Å². The second-order valence-corrected chi connectivity index (χ2v) is 7.37. The number of nitrogens with one attached hydrogen (secondary N) is 1. The predicted octanol–water partition coefficient (Wildman–Crippen LogP) is 3.56. The summed E-state index contributed by atoms with van der Waals surface area (Å²) in [6.45, 7) is 0.348. The van der Waals surface area contributed by atoms with E-state index in [2.05, 4.69) is 27.3 Å². The first-order valence-corrected chi connectivity index (χ1v) is 9.38. The zero-order valence-corrected chi connectivity index (χ0v) is 15.2. The van der Waals surface area contributed by atoms with Gasteiger partial charge in [-0.2, -0.15) is 0 Å². The molecule has 4 nitrogen and oxygen atoms in total. The summed E-state index contributed by atoms with van der Waals surface area (Å²) >= 11 is 5.06. The van der Waals surface area contributed by atoms with Crippen molar-refractivity contribution in [3.05, 3.63) is 40.9 Å². The van der Waals surface area contributed by atoms with Crippen LogP contribution in [0.1, 0.15) is 19.3 Å². The second-order valence-electron chi connectivity index (χ2n) is 5.28. The molecular formula is C17H20BrNO3S. The van der Waals surface area contributed by atoms with Crippen LogP contribution in [-0.2, 0) is 14.3 Å². The van der Waals surface area contributed by atoms with Gasteiger partial charge in [0, 0.05) is 21.7 Å². The molecule has 0 radical (unpaired) electrons. The fourth-order valence-corrected chi connectivity index (χ4v) is 3.26. The SMILES string of the molecule is O=C(COC(=O)C[C@H]1C=CCC1)NCCSc1ccc(Br)cc1. The van der Waals surface area contributed by atoms with Gasteiger partial charge < -0.3 is 10.1 Å². The molecule has 0 spiro atoms. The van der Waals surface area contributed by atoms with Crippen LogP contribution in [0.2, 0.25) is 0 Å². The number of carbonyl (C=O) groups excluding carboxylic acids is 2. The van der Waals surface area contributed by atoms with E-state index in [1.54, 1.807) is 11.8 Å². The van der Waals surface area contributed by atoms with Gasteiger partial charge >= 0.3 is 5.97 Å². The van der Waals surface area contributed by atoms with Gasteiger partial charge in [-0.25, -0.2) is 0 Å². The summed E-state index contributed by atoms with van der Waals surface area (Å²) in [4.78, 5) is 24.4. The fourth-order valence-electron chi connectivity index (χ4n) is 2.23. The number of allylic oxidation sites excluding steroid dienone is 2. The molecule has 1 aromatic rings. The maximum absolute atomic E-state index is 11.6. The molecule has 0 heterocycles. The Labute approximate surface area is 149 Å². The third-order valence-electron chi connectivity index (χ3n) is 3.41. The average molecular weight is 398 g/mol. The zero-order valence-electron chi connectivity index (χ0n) is 12.8. The smallest absolute Gasteiger partial charge is 0.306 e. The first kappa shape index (κ1) is 18.1. The number of hydrogen-bond acceptors (Lipinski definition) is 4. The van der Waals surface area contributed by atoms with E-state index in [4.69, 9.17) is 4.74 Å². The van der Waals surface area contributed by atoms with Crippen LogP contribution in [0.4, 0.5) is 0 Å². The Balaban J connectivity index is 1.53. The molecule has 1 aliphatic rings. The maximum atomic E-state index is 11.6. The fraction of sp³-hybridized carbons (Fsp3) is 0.412. The van der Waals surface area contributed by atoms with Crippen molar-refractivity contribution in [2.75, 3.05) is 18.9 Å². The Kier molecular flexibility index (Phi) is 7.68. The lowest BCUT2D eigenvalue weighted by atomic mass is 10.1. The van der Waals surface area contributed by atoms with Gasteiger partial charge in [0.15, 0.2) is 6.61 Å². The van der Waals surface area contributed by atoms with Crippen LogP contribution < -0.4 is 5.32 Å².